The number of carbonyl (C=O) groups is 1. The highest BCUT2D eigenvalue weighted by atomic mass is 16.4. The molecule has 4 heteroatoms. The maximum absolute atomic E-state index is 11.1. The molecule has 1 aromatic heterocycles. The fraction of sp³-hybridized carbons (Fsp3) is 0.267. The lowest BCUT2D eigenvalue weighted by atomic mass is 9.89. The molecule has 0 aliphatic carbocycles. The second kappa shape index (κ2) is 5.61. The van der Waals surface area contributed by atoms with E-state index in [1.165, 1.54) is 0 Å². The number of aliphatic carboxylic acids is 1. The number of rotatable bonds is 4. The second-order valence-electron chi connectivity index (χ2n) is 4.64. The Balaban J connectivity index is 2.46. The summed E-state index contributed by atoms with van der Waals surface area (Å²) in [4.78, 5) is 19.4. The van der Waals surface area contributed by atoms with Crippen molar-refractivity contribution in [2.75, 3.05) is 0 Å². The molecule has 0 radical (unpaired) electrons. The molecule has 0 amide bonds. The molecular formula is C15H16N2O2. The van der Waals surface area contributed by atoms with Gasteiger partial charge in [-0.2, -0.15) is 0 Å². The first kappa shape index (κ1) is 13.2. The van der Waals surface area contributed by atoms with Gasteiger partial charge in [0, 0.05) is 24.5 Å². The Kier molecular flexibility index (Phi) is 3.90. The first-order valence-corrected chi connectivity index (χ1v) is 6.13. The summed E-state index contributed by atoms with van der Waals surface area (Å²) in [5.41, 5.74) is 3.93. The molecule has 0 saturated carbocycles. The number of aryl methyl sites for hydroxylation is 2. The molecule has 1 unspecified atom stereocenters. The third kappa shape index (κ3) is 3.16. The SMILES string of the molecule is Cc1ccc(C(CC(=O)O)c2cnccn2)c(C)c1. The number of carboxylic acid groups (broad SMARTS) is 1. The van der Waals surface area contributed by atoms with Gasteiger partial charge in [-0.1, -0.05) is 23.8 Å². The van der Waals surface area contributed by atoms with Crippen LogP contribution in [0, 0.1) is 13.8 Å². The fourth-order valence-corrected chi connectivity index (χ4v) is 2.26. The van der Waals surface area contributed by atoms with E-state index in [4.69, 9.17) is 5.11 Å². The fourth-order valence-electron chi connectivity index (χ4n) is 2.26. The topological polar surface area (TPSA) is 63.1 Å². The number of hydrogen-bond donors (Lipinski definition) is 1. The van der Waals surface area contributed by atoms with Crippen LogP contribution in [-0.4, -0.2) is 21.0 Å². The Morgan fingerprint density at radius 1 is 1.32 bits per heavy atom. The van der Waals surface area contributed by atoms with E-state index < -0.39 is 5.97 Å². The van der Waals surface area contributed by atoms with Crippen LogP contribution in [0.1, 0.15) is 34.7 Å². The van der Waals surface area contributed by atoms with E-state index in [0.29, 0.717) is 5.69 Å². The molecule has 0 aliphatic rings. The Morgan fingerprint density at radius 3 is 2.68 bits per heavy atom. The van der Waals surface area contributed by atoms with Gasteiger partial charge in [-0.25, -0.2) is 0 Å². The summed E-state index contributed by atoms with van der Waals surface area (Å²) in [5, 5.41) is 9.10. The van der Waals surface area contributed by atoms with Gasteiger partial charge < -0.3 is 5.11 Å². The standard InChI is InChI=1S/C15H16N2O2/c1-10-3-4-12(11(2)7-10)13(8-15(18)19)14-9-16-5-6-17-14/h3-7,9,13H,8H2,1-2H3,(H,18,19). The second-order valence-corrected chi connectivity index (χ2v) is 4.64. The summed E-state index contributed by atoms with van der Waals surface area (Å²) in [7, 11) is 0. The van der Waals surface area contributed by atoms with Gasteiger partial charge in [0.25, 0.3) is 0 Å². The van der Waals surface area contributed by atoms with Gasteiger partial charge in [0.15, 0.2) is 0 Å². The highest BCUT2D eigenvalue weighted by molar-refractivity contribution is 5.69. The molecule has 19 heavy (non-hydrogen) atoms. The first-order valence-electron chi connectivity index (χ1n) is 6.13. The molecule has 0 aliphatic heterocycles. The average Bonchev–Trinajstić information content (AvgIpc) is 2.37. The monoisotopic (exact) mass is 256 g/mol. The number of nitrogens with zero attached hydrogens (tertiary/aromatic N) is 2. The van der Waals surface area contributed by atoms with Crippen molar-refractivity contribution >= 4 is 5.97 Å². The van der Waals surface area contributed by atoms with Crippen molar-refractivity contribution in [1.29, 1.82) is 0 Å². The van der Waals surface area contributed by atoms with E-state index in [1.54, 1.807) is 18.6 Å². The summed E-state index contributed by atoms with van der Waals surface area (Å²) in [6.07, 6.45) is 4.83. The highest BCUT2D eigenvalue weighted by Gasteiger charge is 2.20. The predicted octanol–water partition coefficient (Wildman–Crippen LogP) is 2.70. The molecule has 0 fully saturated rings. The van der Waals surface area contributed by atoms with Crippen LogP contribution in [-0.2, 0) is 4.79 Å². The molecule has 0 spiro atoms. The molecule has 1 N–H and O–H groups in total. The minimum atomic E-state index is -0.837. The van der Waals surface area contributed by atoms with Crippen molar-refractivity contribution in [1.82, 2.24) is 9.97 Å². The van der Waals surface area contributed by atoms with Crippen LogP contribution in [0.3, 0.4) is 0 Å². The maximum atomic E-state index is 11.1. The van der Waals surface area contributed by atoms with E-state index >= 15 is 0 Å². The number of benzene rings is 1. The third-order valence-corrected chi connectivity index (χ3v) is 3.12. The quantitative estimate of drug-likeness (QED) is 0.913. The molecule has 0 saturated heterocycles. The Morgan fingerprint density at radius 2 is 2.11 bits per heavy atom. The summed E-state index contributed by atoms with van der Waals surface area (Å²) in [6, 6.07) is 6.03. The molecule has 1 heterocycles. The molecule has 4 nitrogen and oxygen atoms in total. The van der Waals surface area contributed by atoms with Crippen molar-refractivity contribution in [3.63, 3.8) is 0 Å². The molecule has 1 aromatic carbocycles. The van der Waals surface area contributed by atoms with Crippen LogP contribution in [0.4, 0.5) is 0 Å². The van der Waals surface area contributed by atoms with Crippen LogP contribution in [0.15, 0.2) is 36.8 Å². The normalized spacial score (nSPS) is 12.1. The zero-order valence-corrected chi connectivity index (χ0v) is 11.0. The summed E-state index contributed by atoms with van der Waals surface area (Å²) >= 11 is 0. The summed E-state index contributed by atoms with van der Waals surface area (Å²) in [5.74, 6) is -1.09. The van der Waals surface area contributed by atoms with Crippen LogP contribution < -0.4 is 0 Å². The van der Waals surface area contributed by atoms with E-state index in [2.05, 4.69) is 16.0 Å². The minimum Gasteiger partial charge on any atom is -0.481 e. The maximum Gasteiger partial charge on any atom is 0.304 e. The van der Waals surface area contributed by atoms with Crippen molar-refractivity contribution in [2.45, 2.75) is 26.2 Å². The van der Waals surface area contributed by atoms with E-state index in [1.807, 2.05) is 26.0 Å². The van der Waals surface area contributed by atoms with Crippen LogP contribution in [0.25, 0.3) is 0 Å². The van der Waals surface area contributed by atoms with Gasteiger partial charge >= 0.3 is 5.97 Å². The summed E-state index contributed by atoms with van der Waals surface area (Å²) < 4.78 is 0. The molecule has 2 rings (SSSR count). The van der Waals surface area contributed by atoms with E-state index in [9.17, 15) is 4.79 Å². The first-order chi connectivity index (χ1) is 9.08. The van der Waals surface area contributed by atoms with Crippen molar-refractivity contribution < 1.29 is 9.90 Å². The highest BCUT2D eigenvalue weighted by Crippen LogP contribution is 2.29. The zero-order valence-electron chi connectivity index (χ0n) is 11.0. The lowest BCUT2D eigenvalue weighted by Crippen LogP contribution is -2.11. The number of aromatic nitrogens is 2. The van der Waals surface area contributed by atoms with Crippen LogP contribution in [0.5, 0.6) is 0 Å². The molecular weight excluding hydrogens is 240 g/mol. The Bertz CT molecular complexity index is 582. The van der Waals surface area contributed by atoms with Gasteiger partial charge in [-0.3, -0.25) is 14.8 Å². The molecule has 0 bridgehead atoms. The minimum absolute atomic E-state index is 0.0165. The van der Waals surface area contributed by atoms with Gasteiger partial charge in [0.2, 0.25) is 0 Å². The lowest BCUT2D eigenvalue weighted by molar-refractivity contribution is -0.137. The molecule has 98 valence electrons. The van der Waals surface area contributed by atoms with Crippen molar-refractivity contribution in [3.05, 3.63) is 59.2 Å². The van der Waals surface area contributed by atoms with Crippen LogP contribution >= 0.6 is 0 Å². The van der Waals surface area contributed by atoms with Gasteiger partial charge in [0.05, 0.1) is 12.1 Å². The number of hydrogen-bond acceptors (Lipinski definition) is 3. The largest absolute Gasteiger partial charge is 0.481 e. The Labute approximate surface area is 112 Å². The van der Waals surface area contributed by atoms with Crippen molar-refractivity contribution in [2.24, 2.45) is 0 Å². The average molecular weight is 256 g/mol. The third-order valence-electron chi connectivity index (χ3n) is 3.12. The van der Waals surface area contributed by atoms with E-state index in [-0.39, 0.29) is 12.3 Å². The zero-order chi connectivity index (χ0) is 13.8. The van der Waals surface area contributed by atoms with Crippen LogP contribution in [0.2, 0.25) is 0 Å². The van der Waals surface area contributed by atoms with Gasteiger partial charge in [-0.05, 0) is 25.0 Å². The van der Waals surface area contributed by atoms with Crippen molar-refractivity contribution in [3.8, 4) is 0 Å². The smallest absolute Gasteiger partial charge is 0.304 e. The predicted molar refractivity (Wildman–Crippen MR) is 72.0 cm³/mol. The number of carboxylic acids is 1. The molecule has 1 atom stereocenters. The summed E-state index contributed by atoms with van der Waals surface area (Å²) in [6.45, 7) is 4.01. The van der Waals surface area contributed by atoms with E-state index in [0.717, 1.165) is 16.7 Å². The van der Waals surface area contributed by atoms with Gasteiger partial charge in [-0.15, -0.1) is 0 Å². The Hall–Kier alpha value is -2.23. The lowest BCUT2D eigenvalue weighted by Gasteiger charge is -2.17. The van der Waals surface area contributed by atoms with Gasteiger partial charge in [0.1, 0.15) is 0 Å². The molecule has 2 aromatic rings.